The van der Waals surface area contributed by atoms with Crippen LogP contribution in [0.5, 0.6) is 0 Å². The van der Waals surface area contributed by atoms with Gasteiger partial charge < -0.3 is 9.84 Å². The monoisotopic (exact) mass is 312 g/mol. The van der Waals surface area contributed by atoms with Crippen LogP contribution in [0.15, 0.2) is 65.8 Å². The summed E-state index contributed by atoms with van der Waals surface area (Å²) < 4.78 is 5.17. The average Bonchev–Trinajstić information content (AvgIpc) is 2.60. The van der Waals surface area contributed by atoms with Crippen molar-refractivity contribution in [2.24, 2.45) is 5.10 Å². The molecule has 2 N–H and O–H groups in total. The molecule has 0 saturated heterocycles. The number of nitrogens with one attached hydrogen (secondary N) is 1. The van der Waals surface area contributed by atoms with Crippen LogP contribution in [-0.4, -0.2) is 23.5 Å². The van der Waals surface area contributed by atoms with E-state index in [2.05, 4.69) is 10.5 Å². The number of ether oxygens (including phenoxy) is 1. The minimum Gasteiger partial charge on any atom is -0.480 e. The summed E-state index contributed by atoms with van der Waals surface area (Å²) in [4.78, 5) is 12.7. The maximum absolute atomic E-state index is 12.7. The van der Waals surface area contributed by atoms with E-state index in [1.165, 1.54) is 0 Å². The molecule has 0 bridgehead atoms. The first-order valence-electron chi connectivity index (χ1n) is 7.40. The molecule has 2 aromatic rings. The van der Waals surface area contributed by atoms with Gasteiger partial charge in [-0.1, -0.05) is 60.7 Å². The first kappa shape index (κ1) is 16.7. The summed E-state index contributed by atoms with van der Waals surface area (Å²) in [7, 11) is 0. The van der Waals surface area contributed by atoms with Crippen molar-refractivity contribution in [3.63, 3.8) is 0 Å². The Hall–Kier alpha value is -2.66. The third-order valence-electron chi connectivity index (χ3n) is 3.38. The normalized spacial score (nSPS) is 11.9. The van der Waals surface area contributed by atoms with Gasteiger partial charge in [-0.3, -0.25) is 4.79 Å². The van der Waals surface area contributed by atoms with E-state index in [4.69, 9.17) is 4.74 Å². The van der Waals surface area contributed by atoms with E-state index in [-0.39, 0.29) is 0 Å². The highest BCUT2D eigenvalue weighted by Gasteiger charge is 2.39. The highest BCUT2D eigenvalue weighted by Crippen LogP contribution is 2.29. The molecular weight excluding hydrogens is 292 g/mol. The van der Waals surface area contributed by atoms with Crippen molar-refractivity contribution in [2.75, 3.05) is 6.61 Å². The number of amides is 1. The largest absolute Gasteiger partial charge is 0.480 e. The van der Waals surface area contributed by atoms with Crippen molar-refractivity contribution >= 4 is 11.8 Å². The van der Waals surface area contributed by atoms with Crippen molar-refractivity contribution in [3.05, 3.63) is 71.8 Å². The Morgan fingerprint density at radius 3 is 2.00 bits per heavy atom. The van der Waals surface area contributed by atoms with Gasteiger partial charge in [0.15, 0.2) is 5.60 Å². The number of hydrazone groups is 1. The molecule has 0 aliphatic carbocycles. The molecule has 0 spiro atoms. The van der Waals surface area contributed by atoms with Gasteiger partial charge in [0.05, 0.1) is 6.61 Å². The molecule has 23 heavy (non-hydrogen) atoms. The van der Waals surface area contributed by atoms with Crippen molar-refractivity contribution in [3.8, 4) is 0 Å². The Balaban J connectivity index is 2.39. The molecule has 0 aliphatic heterocycles. The van der Waals surface area contributed by atoms with Crippen molar-refractivity contribution in [1.82, 2.24) is 5.43 Å². The van der Waals surface area contributed by atoms with Crippen molar-refractivity contribution in [1.29, 1.82) is 0 Å². The number of carbonyl (C=O) groups is 1. The zero-order chi connectivity index (χ0) is 16.7. The van der Waals surface area contributed by atoms with Crippen LogP contribution in [0.3, 0.4) is 0 Å². The Kier molecular flexibility index (Phi) is 5.49. The van der Waals surface area contributed by atoms with E-state index in [1.54, 1.807) is 55.5 Å². The number of rotatable bonds is 5. The fraction of sp³-hybridized carbons (Fsp3) is 0.222. The zero-order valence-electron chi connectivity index (χ0n) is 13.2. The van der Waals surface area contributed by atoms with Gasteiger partial charge in [0.1, 0.15) is 0 Å². The van der Waals surface area contributed by atoms with Crippen LogP contribution in [0, 0.1) is 0 Å². The number of aliphatic hydroxyl groups is 1. The first-order chi connectivity index (χ1) is 11.1. The number of nitrogens with zero attached hydrogens (tertiary/aromatic N) is 1. The standard InChI is InChI=1S/C18H20N2O3/c1-3-23-14(2)19-20-17(21)18(22,15-10-6-4-7-11-15)16-12-8-5-9-13-16/h4-13,22H,3H2,1-2H3,(H,20,21)/b19-14+. The van der Waals surface area contributed by atoms with Crippen LogP contribution in [0.4, 0.5) is 0 Å². The average molecular weight is 312 g/mol. The van der Waals surface area contributed by atoms with Gasteiger partial charge in [0.25, 0.3) is 5.91 Å². The third-order valence-corrected chi connectivity index (χ3v) is 3.38. The lowest BCUT2D eigenvalue weighted by molar-refractivity contribution is -0.136. The molecule has 0 saturated carbocycles. The quantitative estimate of drug-likeness (QED) is 0.506. The maximum Gasteiger partial charge on any atom is 0.281 e. The summed E-state index contributed by atoms with van der Waals surface area (Å²) in [5.74, 6) is -0.321. The number of hydrogen-bond acceptors (Lipinski definition) is 4. The summed E-state index contributed by atoms with van der Waals surface area (Å²) in [6.45, 7) is 3.91. The summed E-state index contributed by atoms with van der Waals surface area (Å²) in [5, 5.41) is 15.0. The summed E-state index contributed by atoms with van der Waals surface area (Å²) in [6, 6.07) is 17.5. The lowest BCUT2D eigenvalue weighted by Gasteiger charge is -2.27. The Labute approximate surface area is 135 Å². The molecule has 0 fully saturated rings. The van der Waals surface area contributed by atoms with Crippen LogP contribution in [-0.2, 0) is 15.1 Å². The van der Waals surface area contributed by atoms with E-state index < -0.39 is 11.5 Å². The SMILES string of the molecule is CCO/C(C)=N/NC(=O)C(O)(c1ccccc1)c1ccccc1. The van der Waals surface area contributed by atoms with Crippen LogP contribution >= 0.6 is 0 Å². The van der Waals surface area contributed by atoms with Gasteiger partial charge in [-0.25, -0.2) is 5.43 Å². The van der Waals surface area contributed by atoms with E-state index in [9.17, 15) is 9.90 Å². The van der Waals surface area contributed by atoms with E-state index >= 15 is 0 Å². The van der Waals surface area contributed by atoms with Crippen molar-refractivity contribution in [2.45, 2.75) is 19.4 Å². The van der Waals surface area contributed by atoms with Crippen LogP contribution in [0.25, 0.3) is 0 Å². The number of hydrogen-bond donors (Lipinski definition) is 2. The fourth-order valence-corrected chi connectivity index (χ4v) is 2.24. The molecule has 0 atom stereocenters. The highest BCUT2D eigenvalue weighted by atomic mass is 16.5. The Bertz CT molecular complexity index is 630. The minimum absolute atomic E-state index is 0.323. The molecule has 5 nitrogen and oxygen atoms in total. The van der Waals surface area contributed by atoms with Crippen molar-refractivity contribution < 1.29 is 14.6 Å². The highest BCUT2D eigenvalue weighted by molar-refractivity contribution is 5.90. The van der Waals surface area contributed by atoms with Crippen LogP contribution in [0.1, 0.15) is 25.0 Å². The second-order valence-electron chi connectivity index (χ2n) is 4.95. The lowest BCUT2D eigenvalue weighted by atomic mass is 9.85. The molecule has 2 rings (SSSR count). The molecule has 0 unspecified atom stereocenters. The van der Waals surface area contributed by atoms with Gasteiger partial charge in [-0.2, -0.15) is 0 Å². The smallest absolute Gasteiger partial charge is 0.281 e. The molecular formula is C18H20N2O3. The molecule has 0 aromatic heterocycles. The number of carbonyl (C=O) groups excluding carboxylic acids is 1. The molecule has 120 valence electrons. The first-order valence-corrected chi connectivity index (χ1v) is 7.40. The molecule has 0 radical (unpaired) electrons. The van der Waals surface area contributed by atoms with Crippen LogP contribution < -0.4 is 5.43 Å². The third kappa shape index (κ3) is 3.76. The van der Waals surface area contributed by atoms with Gasteiger partial charge >= 0.3 is 0 Å². The van der Waals surface area contributed by atoms with Gasteiger partial charge in [0, 0.05) is 6.92 Å². The zero-order valence-corrected chi connectivity index (χ0v) is 13.2. The lowest BCUT2D eigenvalue weighted by Crippen LogP contribution is -2.43. The van der Waals surface area contributed by atoms with Crippen LogP contribution in [0.2, 0.25) is 0 Å². The Morgan fingerprint density at radius 2 is 1.57 bits per heavy atom. The minimum atomic E-state index is -1.83. The Morgan fingerprint density at radius 1 is 1.09 bits per heavy atom. The maximum atomic E-state index is 12.7. The molecule has 1 amide bonds. The fourth-order valence-electron chi connectivity index (χ4n) is 2.24. The molecule has 2 aromatic carbocycles. The van der Waals surface area contributed by atoms with E-state index in [1.807, 2.05) is 19.1 Å². The predicted molar refractivity (Wildman–Crippen MR) is 88.8 cm³/mol. The molecule has 5 heteroatoms. The van der Waals surface area contributed by atoms with Gasteiger partial charge in [-0.05, 0) is 18.1 Å². The molecule has 0 aliphatic rings. The molecule has 0 heterocycles. The predicted octanol–water partition coefficient (Wildman–Crippen LogP) is 2.41. The van der Waals surface area contributed by atoms with E-state index in [0.717, 1.165) is 0 Å². The van der Waals surface area contributed by atoms with E-state index in [0.29, 0.717) is 23.6 Å². The second kappa shape index (κ2) is 7.56. The summed E-state index contributed by atoms with van der Waals surface area (Å²) in [6.07, 6.45) is 0. The summed E-state index contributed by atoms with van der Waals surface area (Å²) in [5.41, 5.74) is 1.48. The summed E-state index contributed by atoms with van der Waals surface area (Å²) >= 11 is 0. The second-order valence-corrected chi connectivity index (χ2v) is 4.95. The number of benzene rings is 2. The van der Waals surface area contributed by atoms with Gasteiger partial charge in [-0.15, -0.1) is 5.10 Å². The van der Waals surface area contributed by atoms with Gasteiger partial charge in [0.2, 0.25) is 5.90 Å². The topological polar surface area (TPSA) is 70.9 Å².